The van der Waals surface area contributed by atoms with Gasteiger partial charge in [0.05, 0.1) is 5.56 Å². The van der Waals surface area contributed by atoms with Gasteiger partial charge in [-0.15, -0.1) is 0 Å². The van der Waals surface area contributed by atoms with Crippen LogP contribution in [0.25, 0.3) is 0 Å². The number of carboxylic acids is 1. The van der Waals surface area contributed by atoms with Crippen LogP contribution in [0.4, 0.5) is 8.78 Å². The van der Waals surface area contributed by atoms with Gasteiger partial charge in [-0.05, 0) is 38.1 Å². The second kappa shape index (κ2) is 7.77. The molecule has 1 aromatic carbocycles. The number of halogens is 2. The molecule has 8 heteroatoms. The number of esters is 1. The van der Waals surface area contributed by atoms with Crippen molar-refractivity contribution in [3.63, 3.8) is 0 Å². The van der Waals surface area contributed by atoms with Crippen molar-refractivity contribution < 1.29 is 37.7 Å². The van der Waals surface area contributed by atoms with Gasteiger partial charge in [-0.2, -0.15) is 8.78 Å². The minimum absolute atomic E-state index is 0.0138. The first-order chi connectivity index (χ1) is 11.4. The number of alkyl halides is 2. The molecule has 0 radical (unpaired) electrons. The smallest absolute Gasteiger partial charge is 0.380 e. The fourth-order valence-corrected chi connectivity index (χ4v) is 1.87. The molecule has 0 fully saturated rings. The topological polar surface area (TPSA) is 82.1 Å². The Morgan fingerprint density at radius 1 is 1.12 bits per heavy atom. The van der Waals surface area contributed by atoms with Crippen LogP contribution < -0.4 is 4.74 Å². The number of hydrogen-bond acceptors (Lipinski definition) is 5. The fourth-order valence-electron chi connectivity index (χ4n) is 1.87. The molecule has 0 aromatic heterocycles. The molecule has 140 valence electrons. The summed E-state index contributed by atoms with van der Waals surface area (Å²) < 4.78 is 42.7. The minimum Gasteiger partial charge on any atom is -0.477 e. The van der Waals surface area contributed by atoms with Crippen molar-refractivity contribution >= 4 is 11.9 Å². The summed E-state index contributed by atoms with van der Waals surface area (Å²) in [6, 6.07) is 5.60. The number of aliphatic carboxylic acids is 1. The lowest BCUT2D eigenvalue weighted by atomic mass is 10.0. The van der Waals surface area contributed by atoms with E-state index < -0.39 is 29.8 Å². The largest absolute Gasteiger partial charge is 0.477 e. The van der Waals surface area contributed by atoms with Gasteiger partial charge in [0, 0.05) is 13.0 Å². The van der Waals surface area contributed by atoms with Gasteiger partial charge in [-0.3, -0.25) is 0 Å². The Morgan fingerprint density at radius 3 is 2.04 bits per heavy atom. The van der Waals surface area contributed by atoms with Crippen molar-refractivity contribution in [1.82, 2.24) is 0 Å². The Morgan fingerprint density at radius 2 is 1.64 bits per heavy atom. The van der Waals surface area contributed by atoms with Gasteiger partial charge in [0.15, 0.2) is 5.60 Å². The number of ether oxygens (including phenoxy) is 3. The first kappa shape index (κ1) is 20.8. The highest BCUT2D eigenvalue weighted by molar-refractivity contribution is 5.90. The Labute approximate surface area is 144 Å². The maximum atomic E-state index is 13.6. The molecule has 0 amide bonds. The molecule has 0 bridgehead atoms. The zero-order valence-electron chi connectivity index (χ0n) is 14.7. The van der Waals surface area contributed by atoms with E-state index in [9.17, 15) is 18.4 Å². The minimum atomic E-state index is -4.23. The molecule has 6 nitrogen and oxygen atoms in total. The van der Waals surface area contributed by atoms with Crippen LogP contribution in [0.2, 0.25) is 0 Å². The number of carbonyl (C=O) groups is 2. The van der Waals surface area contributed by atoms with Gasteiger partial charge >= 0.3 is 17.9 Å². The Bertz CT molecular complexity index is 610. The maximum absolute atomic E-state index is 13.6. The molecule has 0 heterocycles. The van der Waals surface area contributed by atoms with E-state index in [2.05, 4.69) is 0 Å². The van der Waals surface area contributed by atoms with Gasteiger partial charge in [0.2, 0.25) is 6.29 Å². The number of carboxylic acid groups (broad SMARTS) is 1. The second-order valence-corrected chi connectivity index (χ2v) is 6.27. The molecular weight excluding hydrogens is 338 g/mol. The molecule has 1 atom stereocenters. The van der Waals surface area contributed by atoms with Crippen LogP contribution in [-0.4, -0.2) is 42.0 Å². The molecule has 0 aliphatic rings. The lowest BCUT2D eigenvalue weighted by Crippen LogP contribution is -2.51. The SMILES string of the molecule is COC(Oc1ccc(C(=O)OC(C)(C)C(F)(F)C(=O)O)cc1)C(C)C. The molecule has 0 saturated carbocycles. The third kappa shape index (κ3) is 4.88. The van der Waals surface area contributed by atoms with Gasteiger partial charge < -0.3 is 19.3 Å². The normalized spacial score (nSPS) is 13.4. The molecule has 0 aliphatic heterocycles. The lowest BCUT2D eigenvalue weighted by molar-refractivity contribution is -0.200. The van der Waals surface area contributed by atoms with Gasteiger partial charge in [0.1, 0.15) is 5.75 Å². The number of hydrogen-bond donors (Lipinski definition) is 1. The maximum Gasteiger partial charge on any atom is 0.380 e. The quantitative estimate of drug-likeness (QED) is 0.565. The van der Waals surface area contributed by atoms with Crippen LogP contribution in [0, 0.1) is 5.92 Å². The van der Waals surface area contributed by atoms with Crippen LogP contribution in [0.15, 0.2) is 24.3 Å². The number of rotatable bonds is 8. The Hall–Kier alpha value is -2.22. The molecule has 25 heavy (non-hydrogen) atoms. The second-order valence-electron chi connectivity index (χ2n) is 6.27. The highest BCUT2D eigenvalue weighted by Crippen LogP contribution is 2.33. The summed E-state index contributed by atoms with van der Waals surface area (Å²) in [5, 5.41) is 8.58. The summed E-state index contributed by atoms with van der Waals surface area (Å²) in [7, 11) is 1.50. The van der Waals surface area contributed by atoms with E-state index in [1.807, 2.05) is 13.8 Å². The van der Waals surface area contributed by atoms with Gasteiger partial charge in [0.25, 0.3) is 0 Å². The monoisotopic (exact) mass is 360 g/mol. The van der Waals surface area contributed by atoms with Crippen molar-refractivity contribution in [2.75, 3.05) is 7.11 Å². The summed E-state index contributed by atoms with van der Waals surface area (Å²) in [6.45, 7) is 5.49. The molecule has 0 spiro atoms. The summed E-state index contributed by atoms with van der Waals surface area (Å²) in [5.74, 6) is -7.15. The van der Waals surface area contributed by atoms with E-state index in [0.29, 0.717) is 5.75 Å². The van der Waals surface area contributed by atoms with Crippen LogP contribution >= 0.6 is 0 Å². The average Bonchev–Trinajstić information content (AvgIpc) is 2.51. The molecule has 0 saturated heterocycles. The zero-order chi connectivity index (χ0) is 19.4. The number of benzene rings is 1. The fraction of sp³-hybridized carbons (Fsp3) is 0.529. The standard InChI is InChI=1S/C17H22F2O6/c1-10(2)14(23-5)24-12-8-6-11(7-9-12)13(20)25-16(3,4)17(18,19)15(21)22/h6-10,14H,1-5H3,(H,21,22). The molecule has 1 aromatic rings. The molecule has 1 N–H and O–H groups in total. The zero-order valence-corrected chi connectivity index (χ0v) is 14.7. The van der Waals surface area contributed by atoms with Crippen molar-refractivity contribution in [3.8, 4) is 5.75 Å². The molecule has 1 rings (SSSR count). The van der Waals surface area contributed by atoms with E-state index >= 15 is 0 Å². The predicted octanol–water partition coefficient (Wildman–Crippen LogP) is 3.35. The van der Waals surface area contributed by atoms with Crippen LogP contribution in [-0.2, 0) is 14.3 Å². The number of carbonyl (C=O) groups excluding carboxylic acids is 1. The summed E-state index contributed by atoms with van der Waals surface area (Å²) >= 11 is 0. The van der Waals surface area contributed by atoms with E-state index in [4.69, 9.17) is 19.3 Å². The van der Waals surface area contributed by atoms with Crippen molar-refractivity contribution in [2.24, 2.45) is 5.92 Å². The highest BCUT2D eigenvalue weighted by Gasteiger charge is 2.56. The predicted molar refractivity (Wildman–Crippen MR) is 84.8 cm³/mol. The summed E-state index contributed by atoms with van der Waals surface area (Å²) in [4.78, 5) is 22.7. The molecule has 1 unspecified atom stereocenters. The lowest BCUT2D eigenvalue weighted by Gasteiger charge is -2.30. The van der Waals surface area contributed by atoms with Crippen LogP contribution in [0.5, 0.6) is 5.75 Å². The van der Waals surface area contributed by atoms with Crippen molar-refractivity contribution in [1.29, 1.82) is 0 Å². The Kier molecular flexibility index (Phi) is 6.48. The van der Waals surface area contributed by atoms with Crippen LogP contribution in [0.1, 0.15) is 38.1 Å². The van der Waals surface area contributed by atoms with E-state index in [-0.39, 0.29) is 11.5 Å². The molecule has 0 aliphatic carbocycles. The van der Waals surface area contributed by atoms with Crippen molar-refractivity contribution in [3.05, 3.63) is 29.8 Å². The van der Waals surface area contributed by atoms with E-state index in [0.717, 1.165) is 13.8 Å². The first-order valence-corrected chi connectivity index (χ1v) is 7.56. The average molecular weight is 360 g/mol. The third-order valence-electron chi connectivity index (χ3n) is 3.49. The summed E-state index contributed by atoms with van der Waals surface area (Å²) in [5.41, 5.74) is -2.52. The highest BCUT2D eigenvalue weighted by atomic mass is 19.3. The number of methoxy groups -OCH3 is 1. The summed E-state index contributed by atoms with van der Waals surface area (Å²) in [6.07, 6.45) is -0.481. The first-order valence-electron chi connectivity index (χ1n) is 7.56. The van der Waals surface area contributed by atoms with Crippen molar-refractivity contribution in [2.45, 2.75) is 45.5 Å². The van der Waals surface area contributed by atoms with Crippen LogP contribution in [0.3, 0.4) is 0 Å². The van der Waals surface area contributed by atoms with E-state index in [1.54, 1.807) is 0 Å². The Balaban J connectivity index is 2.86. The van der Waals surface area contributed by atoms with Gasteiger partial charge in [-0.25, -0.2) is 9.59 Å². The third-order valence-corrected chi connectivity index (χ3v) is 3.49. The van der Waals surface area contributed by atoms with Gasteiger partial charge in [-0.1, -0.05) is 13.8 Å². The molecular formula is C17H22F2O6. The van der Waals surface area contributed by atoms with E-state index in [1.165, 1.54) is 31.4 Å².